The summed E-state index contributed by atoms with van der Waals surface area (Å²) in [6.45, 7) is 1.24. The molecule has 24 heavy (non-hydrogen) atoms. The first kappa shape index (κ1) is 14.5. The summed E-state index contributed by atoms with van der Waals surface area (Å²) in [5.41, 5.74) is 4.17. The van der Waals surface area contributed by atoms with Crippen molar-refractivity contribution in [2.75, 3.05) is 4.90 Å². The van der Waals surface area contributed by atoms with Gasteiger partial charge in [0.2, 0.25) is 0 Å². The SMILES string of the molecule is O=C1N(Cc2ccccc2)Cc2ccccc2N1c1ccccc1. The molecule has 2 amide bonds. The highest BCUT2D eigenvalue weighted by Crippen LogP contribution is 2.35. The van der Waals surface area contributed by atoms with E-state index in [0.29, 0.717) is 13.1 Å². The molecule has 0 saturated carbocycles. The van der Waals surface area contributed by atoms with Crippen molar-refractivity contribution in [1.82, 2.24) is 4.90 Å². The molecule has 1 aliphatic heterocycles. The molecule has 0 fully saturated rings. The van der Waals surface area contributed by atoms with Gasteiger partial charge in [-0.1, -0.05) is 66.7 Å². The molecule has 0 unspecified atom stereocenters. The molecule has 0 N–H and O–H groups in total. The number of rotatable bonds is 3. The zero-order chi connectivity index (χ0) is 16.4. The van der Waals surface area contributed by atoms with Gasteiger partial charge in [-0.05, 0) is 29.3 Å². The lowest BCUT2D eigenvalue weighted by atomic mass is 10.1. The van der Waals surface area contributed by atoms with Crippen LogP contribution in [0.25, 0.3) is 0 Å². The van der Waals surface area contributed by atoms with Crippen molar-refractivity contribution in [3.8, 4) is 0 Å². The van der Waals surface area contributed by atoms with Gasteiger partial charge in [0.05, 0.1) is 11.4 Å². The predicted octanol–water partition coefficient (Wildman–Crippen LogP) is 4.96. The summed E-state index contributed by atoms with van der Waals surface area (Å²) in [5.74, 6) is 0. The summed E-state index contributed by atoms with van der Waals surface area (Å²) in [7, 11) is 0. The van der Waals surface area contributed by atoms with Crippen LogP contribution in [0.1, 0.15) is 11.1 Å². The fraction of sp³-hybridized carbons (Fsp3) is 0.0952. The molecule has 0 aromatic heterocycles. The minimum absolute atomic E-state index is 0.0174. The normalized spacial score (nSPS) is 13.8. The van der Waals surface area contributed by atoms with E-state index < -0.39 is 0 Å². The van der Waals surface area contributed by atoms with Gasteiger partial charge in [0, 0.05) is 13.1 Å². The molecule has 0 spiro atoms. The monoisotopic (exact) mass is 314 g/mol. The highest BCUT2D eigenvalue weighted by atomic mass is 16.2. The van der Waals surface area contributed by atoms with Gasteiger partial charge < -0.3 is 4.90 Å². The smallest absolute Gasteiger partial charge is 0.315 e. The third kappa shape index (κ3) is 2.65. The molecule has 4 rings (SSSR count). The molecule has 3 nitrogen and oxygen atoms in total. The molecular formula is C21H18N2O. The van der Waals surface area contributed by atoms with E-state index in [4.69, 9.17) is 0 Å². The third-order valence-corrected chi connectivity index (χ3v) is 4.29. The van der Waals surface area contributed by atoms with E-state index in [1.165, 1.54) is 0 Å². The number of carbonyl (C=O) groups is 1. The Hall–Kier alpha value is -3.07. The van der Waals surface area contributed by atoms with Crippen LogP contribution in [-0.2, 0) is 13.1 Å². The molecule has 118 valence electrons. The number of carbonyl (C=O) groups excluding carboxylic acids is 1. The lowest BCUT2D eigenvalue weighted by Crippen LogP contribution is -2.44. The second-order valence-corrected chi connectivity index (χ2v) is 5.92. The standard InChI is InChI=1S/C21H18N2O/c24-21-22(15-17-9-3-1-4-10-17)16-18-11-7-8-14-20(18)23(21)19-12-5-2-6-13-19/h1-14H,15-16H2. The Balaban J connectivity index is 1.74. The molecule has 1 heterocycles. The summed E-state index contributed by atoms with van der Waals surface area (Å²) in [4.78, 5) is 16.8. The van der Waals surface area contributed by atoms with E-state index >= 15 is 0 Å². The predicted molar refractivity (Wildman–Crippen MR) is 96.1 cm³/mol. The Morgan fingerprint density at radius 2 is 1.38 bits per heavy atom. The van der Waals surface area contributed by atoms with Crippen LogP contribution >= 0.6 is 0 Å². The van der Waals surface area contributed by atoms with Crippen LogP contribution in [0.15, 0.2) is 84.9 Å². The average Bonchev–Trinajstić information content (AvgIpc) is 2.64. The van der Waals surface area contributed by atoms with Gasteiger partial charge in [-0.2, -0.15) is 0 Å². The minimum atomic E-state index is 0.0174. The van der Waals surface area contributed by atoms with Crippen LogP contribution in [0.3, 0.4) is 0 Å². The van der Waals surface area contributed by atoms with E-state index in [1.807, 2.05) is 76.5 Å². The van der Waals surface area contributed by atoms with Gasteiger partial charge >= 0.3 is 6.03 Å². The number of hydrogen-bond donors (Lipinski definition) is 0. The maximum Gasteiger partial charge on any atom is 0.329 e. The van der Waals surface area contributed by atoms with Crippen molar-refractivity contribution in [2.45, 2.75) is 13.1 Å². The quantitative estimate of drug-likeness (QED) is 0.670. The Kier molecular flexibility index (Phi) is 3.75. The number of urea groups is 1. The second kappa shape index (κ2) is 6.20. The number of amides is 2. The highest BCUT2D eigenvalue weighted by Gasteiger charge is 2.31. The zero-order valence-corrected chi connectivity index (χ0v) is 13.3. The van der Waals surface area contributed by atoms with Gasteiger partial charge in [-0.25, -0.2) is 4.79 Å². The molecule has 3 heteroatoms. The molecule has 0 atom stereocenters. The van der Waals surface area contributed by atoms with Gasteiger partial charge in [-0.3, -0.25) is 4.90 Å². The van der Waals surface area contributed by atoms with E-state index in [-0.39, 0.29) is 6.03 Å². The Bertz CT molecular complexity index is 846. The van der Waals surface area contributed by atoms with Gasteiger partial charge in [-0.15, -0.1) is 0 Å². The Morgan fingerprint density at radius 3 is 2.12 bits per heavy atom. The van der Waals surface area contributed by atoms with E-state index in [1.54, 1.807) is 0 Å². The molecule has 3 aromatic rings. The second-order valence-electron chi connectivity index (χ2n) is 5.92. The van der Waals surface area contributed by atoms with E-state index in [0.717, 1.165) is 22.5 Å². The number of para-hydroxylation sites is 2. The first-order valence-corrected chi connectivity index (χ1v) is 8.09. The van der Waals surface area contributed by atoms with Crippen LogP contribution in [-0.4, -0.2) is 10.9 Å². The van der Waals surface area contributed by atoms with Gasteiger partial charge in [0.1, 0.15) is 0 Å². The molecule has 1 aliphatic rings. The number of anilines is 2. The number of fused-ring (bicyclic) bond motifs is 1. The Morgan fingerprint density at radius 1 is 0.750 bits per heavy atom. The van der Waals surface area contributed by atoms with Crippen molar-refractivity contribution < 1.29 is 4.79 Å². The van der Waals surface area contributed by atoms with Crippen LogP contribution in [0.5, 0.6) is 0 Å². The summed E-state index contributed by atoms with van der Waals surface area (Å²) >= 11 is 0. The highest BCUT2D eigenvalue weighted by molar-refractivity contribution is 6.01. The summed E-state index contributed by atoms with van der Waals surface area (Å²) < 4.78 is 0. The van der Waals surface area contributed by atoms with Crippen molar-refractivity contribution in [3.05, 3.63) is 96.1 Å². The maximum absolute atomic E-state index is 13.1. The largest absolute Gasteiger partial charge is 0.329 e. The number of nitrogens with zero attached hydrogens (tertiary/aromatic N) is 2. The van der Waals surface area contributed by atoms with Crippen molar-refractivity contribution in [2.24, 2.45) is 0 Å². The van der Waals surface area contributed by atoms with E-state index in [2.05, 4.69) is 18.2 Å². The summed E-state index contributed by atoms with van der Waals surface area (Å²) in [6.07, 6.45) is 0. The fourth-order valence-electron chi connectivity index (χ4n) is 3.13. The first-order valence-electron chi connectivity index (χ1n) is 8.09. The van der Waals surface area contributed by atoms with Crippen LogP contribution in [0, 0.1) is 0 Å². The van der Waals surface area contributed by atoms with Crippen LogP contribution in [0.2, 0.25) is 0 Å². The fourth-order valence-corrected chi connectivity index (χ4v) is 3.13. The van der Waals surface area contributed by atoms with Crippen molar-refractivity contribution in [3.63, 3.8) is 0 Å². The molecule has 0 saturated heterocycles. The van der Waals surface area contributed by atoms with Crippen LogP contribution < -0.4 is 4.90 Å². The topological polar surface area (TPSA) is 23.6 Å². The maximum atomic E-state index is 13.1. The number of hydrogen-bond acceptors (Lipinski definition) is 1. The zero-order valence-electron chi connectivity index (χ0n) is 13.3. The lowest BCUT2D eigenvalue weighted by molar-refractivity contribution is 0.198. The van der Waals surface area contributed by atoms with Crippen molar-refractivity contribution >= 4 is 17.4 Å². The number of benzene rings is 3. The van der Waals surface area contributed by atoms with Gasteiger partial charge in [0.15, 0.2) is 0 Å². The Labute approximate surface area is 141 Å². The lowest BCUT2D eigenvalue weighted by Gasteiger charge is -2.37. The van der Waals surface area contributed by atoms with Gasteiger partial charge in [0.25, 0.3) is 0 Å². The average molecular weight is 314 g/mol. The molecule has 0 bridgehead atoms. The van der Waals surface area contributed by atoms with Crippen molar-refractivity contribution in [1.29, 1.82) is 0 Å². The molecule has 3 aromatic carbocycles. The summed E-state index contributed by atoms with van der Waals surface area (Å²) in [6, 6.07) is 28.1. The molecule has 0 aliphatic carbocycles. The van der Waals surface area contributed by atoms with Crippen LogP contribution in [0.4, 0.5) is 16.2 Å². The molecule has 0 radical (unpaired) electrons. The van der Waals surface area contributed by atoms with E-state index in [9.17, 15) is 4.79 Å². The molecular weight excluding hydrogens is 296 g/mol. The first-order chi connectivity index (χ1) is 11.8. The third-order valence-electron chi connectivity index (χ3n) is 4.29. The summed E-state index contributed by atoms with van der Waals surface area (Å²) in [5, 5.41) is 0. The minimum Gasteiger partial charge on any atom is -0.315 e.